The van der Waals surface area contributed by atoms with E-state index >= 15 is 0 Å². The van der Waals surface area contributed by atoms with Crippen molar-refractivity contribution in [2.24, 2.45) is 0 Å². The van der Waals surface area contributed by atoms with E-state index in [9.17, 15) is 0 Å². The van der Waals surface area contributed by atoms with Crippen molar-refractivity contribution in [3.05, 3.63) is 17.6 Å². The van der Waals surface area contributed by atoms with E-state index in [1.807, 2.05) is 13.0 Å². The Morgan fingerprint density at radius 2 is 2.00 bits per heavy atom. The fourth-order valence-corrected chi connectivity index (χ4v) is 1.77. The second-order valence-electron chi connectivity index (χ2n) is 4.18. The molecule has 17 heavy (non-hydrogen) atoms. The monoisotopic (exact) mass is 237 g/mol. The summed E-state index contributed by atoms with van der Waals surface area (Å²) in [5.74, 6) is 1.75. The van der Waals surface area contributed by atoms with Crippen LogP contribution >= 0.6 is 0 Å². The summed E-state index contributed by atoms with van der Waals surface area (Å²) in [4.78, 5) is 11.0. The molecule has 4 nitrogen and oxygen atoms in total. The summed E-state index contributed by atoms with van der Waals surface area (Å²) in [6.07, 6.45) is 3.17. The lowest BCUT2D eigenvalue weighted by atomic mass is 10.2. The summed E-state index contributed by atoms with van der Waals surface area (Å²) in [6, 6.07) is 2.03. The molecule has 0 aliphatic heterocycles. The summed E-state index contributed by atoms with van der Waals surface area (Å²) in [7, 11) is 0. The Balaban J connectivity index is 2.87. The van der Waals surface area contributed by atoms with Crippen LogP contribution in [-0.2, 0) is 6.42 Å². The van der Waals surface area contributed by atoms with Gasteiger partial charge < -0.3 is 10.0 Å². The summed E-state index contributed by atoms with van der Waals surface area (Å²) >= 11 is 0. The van der Waals surface area contributed by atoms with Crippen molar-refractivity contribution in [3.63, 3.8) is 0 Å². The van der Waals surface area contributed by atoms with Crippen molar-refractivity contribution in [1.82, 2.24) is 9.97 Å². The van der Waals surface area contributed by atoms with Crippen LogP contribution in [0, 0.1) is 6.92 Å². The molecular weight excluding hydrogens is 214 g/mol. The highest BCUT2D eigenvalue weighted by Crippen LogP contribution is 2.13. The Morgan fingerprint density at radius 3 is 2.59 bits per heavy atom. The van der Waals surface area contributed by atoms with Gasteiger partial charge in [-0.25, -0.2) is 9.97 Å². The molecule has 0 aliphatic rings. The van der Waals surface area contributed by atoms with E-state index in [1.165, 1.54) is 0 Å². The highest BCUT2D eigenvalue weighted by molar-refractivity contribution is 5.39. The van der Waals surface area contributed by atoms with Gasteiger partial charge in [-0.15, -0.1) is 0 Å². The first-order chi connectivity index (χ1) is 8.21. The minimum atomic E-state index is 0.161. The Bertz CT molecular complexity index is 341. The number of hydrogen-bond donors (Lipinski definition) is 1. The molecule has 0 aromatic carbocycles. The van der Waals surface area contributed by atoms with Gasteiger partial charge in [0, 0.05) is 24.8 Å². The molecule has 1 heterocycles. The predicted molar refractivity (Wildman–Crippen MR) is 70.4 cm³/mol. The van der Waals surface area contributed by atoms with Gasteiger partial charge in [0.05, 0.1) is 6.61 Å². The Kier molecular flexibility index (Phi) is 5.91. The SMILES string of the molecule is CCCCN(CCO)c1cc(CC)nc(C)n1. The average Bonchev–Trinajstić information content (AvgIpc) is 2.33. The van der Waals surface area contributed by atoms with E-state index in [2.05, 4.69) is 28.7 Å². The van der Waals surface area contributed by atoms with E-state index in [4.69, 9.17) is 5.11 Å². The quantitative estimate of drug-likeness (QED) is 0.787. The molecule has 1 aromatic heterocycles. The maximum Gasteiger partial charge on any atom is 0.132 e. The van der Waals surface area contributed by atoms with Crippen LogP contribution in [0.15, 0.2) is 6.07 Å². The molecule has 0 spiro atoms. The summed E-state index contributed by atoms with van der Waals surface area (Å²) in [5.41, 5.74) is 1.06. The fourth-order valence-electron chi connectivity index (χ4n) is 1.77. The van der Waals surface area contributed by atoms with Crippen LogP contribution in [0.5, 0.6) is 0 Å². The maximum atomic E-state index is 9.11. The third-order valence-corrected chi connectivity index (χ3v) is 2.72. The maximum absolute atomic E-state index is 9.11. The van der Waals surface area contributed by atoms with Gasteiger partial charge >= 0.3 is 0 Å². The van der Waals surface area contributed by atoms with Gasteiger partial charge in [-0.2, -0.15) is 0 Å². The molecule has 1 aromatic rings. The molecule has 0 fully saturated rings. The third-order valence-electron chi connectivity index (χ3n) is 2.72. The van der Waals surface area contributed by atoms with Gasteiger partial charge in [-0.1, -0.05) is 20.3 Å². The number of hydrogen-bond acceptors (Lipinski definition) is 4. The second-order valence-corrected chi connectivity index (χ2v) is 4.18. The van der Waals surface area contributed by atoms with Crippen LogP contribution in [0.4, 0.5) is 5.82 Å². The van der Waals surface area contributed by atoms with Gasteiger partial charge in [-0.3, -0.25) is 0 Å². The summed E-state index contributed by atoms with van der Waals surface area (Å²) in [5, 5.41) is 9.11. The number of rotatable bonds is 7. The van der Waals surface area contributed by atoms with E-state index < -0.39 is 0 Å². The Hall–Kier alpha value is -1.16. The molecule has 0 amide bonds. The minimum Gasteiger partial charge on any atom is -0.395 e. The van der Waals surface area contributed by atoms with E-state index in [0.29, 0.717) is 6.54 Å². The second kappa shape index (κ2) is 7.22. The van der Waals surface area contributed by atoms with Crippen LogP contribution in [0.25, 0.3) is 0 Å². The van der Waals surface area contributed by atoms with Crippen molar-refractivity contribution in [2.75, 3.05) is 24.6 Å². The number of unbranched alkanes of at least 4 members (excludes halogenated alkanes) is 1. The Morgan fingerprint density at radius 1 is 1.24 bits per heavy atom. The number of nitrogens with zero attached hydrogens (tertiary/aromatic N) is 3. The summed E-state index contributed by atoms with van der Waals surface area (Å²) < 4.78 is 0. The van der Waals surface area contributed by atoms with Crippen LogP contribution in [0.2, 0.25) is 0 Å². The molecule has 0 unspecified atom stereocenters. The van der Waals surface area contributed by atoms with Crippen molar-refractivity contribution in [3.8, 4) is 0 Å². The minimum absolute atomic E-state index is 0.161. The highest BCUT2D eigenvalue weighted by atomic mass is 16.3. The number of aromatic nitrogens is 2. The first kappa shape index (κ1) is 13.9. The zero-order chi connectivity index (χ0) is 12.7. The molecular formula is C13H23N3O. The van der Waals surface area contributed by atoms with E-state index in [-0.39, 0.29) is 6.61 Å². The lowest BCUT2D eigenvalue weighted by Crippen LogP contribution is -2.29. The van der Waals surface area contributed by atoms with Crippen LogP contribution in [0.3, 0.4) is 0 Å². The first-order valence-corrected chi connectivity index (χ1v) is 6.41. The van der Waals surface area contributed by atoms with Crippen molar-refractivity contribution in [1.29, 1.82) is 0 Å². The molecule has 0 bridgehead atoms. The number of aryl methyl sites for hydroxylation is 2. The van der Waals surface area contributed by atoms with Gasteiger partial charge in [0.1, 0.15) is 11.6 Å². The lowest BCUT2D eigenvalue weighted by molar-refractivity contribution is 0.301. The fraction of sp³-hybridized carbons (Fsp3) is 0.692. The molecule has 0 saturated carbocycles. The average molecular weight is 237 g/mol. The normalized spacial score (nSPS) is 10.6. The number of anilines is 1. The van der Waals surface area contributed by atoms with Gasteiger partial charge in [0.15, 0.2) is 0 Å². The predicted octanol–water partition coefficient (Wildman–Crippen LogP) is 1.95. The van der Waals surface area contributed by atoms with Gasteiger partial charge in [0.25, 0.3) is 0 Å². The molecule has 0 atom stereocenters. The zero-order valence-electron chi connectivity index (χ0n) is 11.1. The van der Waals surface area contributed by atoms with E-state index in [1.54, 1.807) is 0 Å². The third kappa shape index (κ3) is 4.30. The molecule has 1 N–H and O–H groups in total. The number of aliphatic hydroxyl groups is 1. The molecule has 0 aliphatic carbocycles. The smallest absolute Gasteiger partial charge is 0.132 e. The largest absolute Gasteiger partial charge is 0.395 e. The number of aliphatic hydroxyl groups excluding tert-OH is 1. The Labute approximate surface area is 104 Å². The summed E-state index contributed by atoms with van der Waals surface area (Å²) in [6.45, 7) is 7.91. The molecule has 1 rings (SSSR count). The van der Waals surface area contributed by atoms with Crippen molar-refractivity contribution >= 4 is 5.82 Å². The van der Waals surface area contributed by atoms with Crippen LogP contribution < -0.4 is 4.90 Å². The molecule has 96 valence electrons. The topological polar surface area (TPSA) is 49.2 Å². The van der Waals surface area contributed by atoms with Crippen molar-refractivity contribution in [2.45, 2.75) is 40.0 Å². The van der Waals surface area contributed by atoms with Crippen LogP contribution in [0.1, 0.15) is 38.2 Å². The van der Waals surface area contributed by atoms with Gasteiger partial charge in [-0.05, 0) is 19.8 Å². The van der Waals surface area contributed by atoms with E-state index in [0.717, 1.165) is 43.1 Å². The first-order valence-electron chi connectivity index (χ1n) is 6.41. The molecule has 0 radical (unpaired) electrons. The van der Waals surface area contributed by atoms with Crippen molar-refractivity contribution < 1.29 is 5.11 Å². The van der Waals surface area contributed by atoms with Gasteiger partial charge in [0.2, 0.25) is 0 Å². The molecule has 4 heteroatoms. The molecule has 0 saturated heterocycles. The zero-order valence-corrected chi connectivity index (χ0v) is 11.1. The standard InChI is InChI=1S/C13H23N3O/c1-4-6-7-16(8-9-17)13-10-12(5-2)14-11(3)15-13/h10,17H,4-9H2,1-3H3. The highest BCUT2D eigenvalue weighted by Gasteiger charge is 2.09. The lowest BCUT2D eigenvalue weighted by Gasteiger charge is -2.23. The van der Waals surface area contributed by atoms with Crippen LogP contribution in [-0.4, -0.2) is 34.8 Å².